The van der Waals surface area contributed by atoms with Crippen molar-refractivity contribution in [3.63, 3.8) is 0 Å². The molecule has 0 aliphatic rings. The number of hydrogen-bond donors (Lipinski definition) is 1. The van der Waals surface area contributed by atoms with Crippen LogP contribution in [0.15, 0.2) is 6.07 Å². The molecule has 0 spiro atoms. The predicted molar refractivity (Wildman–Crippen MR) is 81.1 cm³/mol. The fourth-order valence-corrected chi connectivity index (χ4v) is 3.67. The average molecular weight is 298 g/mol. The van der Waals surface area contributed by atoms with E-state index in [0.717, 1.165) is 5.69 Å². The van der Waals surface area contributed by atoms with Crippen LogP contribution in [0.2, 0.25) is 18.1 Å². The van der Waals surface area contributed by atoms with Crippen LogP contribution in [0.4, 0.5) is 0 Å². The van der Waals surface area contributed by atoms with Gasteiger partial charge in [0.05, 0.1) is 32.3 Å². The summed E-state index contributed by atoms with van der Waals surface area (Å²) in [4.78, 5) is 11.5. The molecule has 0 aromatic carbocycles. The second-order valence-corrected chi connectivity index (χ2v) is 12.3. The lowest BCUT2D eigenvalue weighted by Crippen LogP contribution is -2.45. The summed E-state index contributed by atoms with van der Waals surface area (Å²) in [5.41, 5.74) is 0.925. The Morgan fingerprint density at radius 3 is 2.50 bits per heavy atom. The molecule has 0 bridgehead atoms. The predicted octanol–water partition coefficient (Wildman–Crippen LogP) is 2.45. The molecule has 114 valence electrons. The lowest BCUT2D eigenvalue weighted by atomic mass is 10.2. The van der Waals surface area contributed by atoms with Crippen molar-refractivity contribution in [2.24, 2.45) is 0 Å². The van der Waals surface area contributed by atoms with E-state index in [9.17, 15) is 9.90 Å². The molecule has 1 unspecified atom stereocenters. The van der Waals surface area contributed by atoms with Gasteiger partial charge in [-0.15, -0.1) is 0 Å². The van der Waals surface area contributed by atoms with E-state index in [1.165, 1.54) is 7.11 Å². The maximum Gasteiger partial charge on any atom is 0.327 e. The van der Waals surface area contributed by atoms with E-state index in [1.807, 2.05) is 13.0 Å². The minimum absolute atomic E-state index is 0.0331. The van der Waals surface area contributed by atoms with Crippen LogP contribution >= 0.6 is 0 Å². The SMILES string of the molecule is COC(=O)Cn1nc(C)cc1C(O)[Si](C)(C)C(C)(C)C. The molecule has 5 nitrogen and oxygen atoms in total. The Morgan fingerprint density at radius 1 is 1.50 bits per heavy atom. The van der Waals surface area contributed by atoms with Gasteiger partial charge in [-0.05, 0) is 18.0 Å². The summed E-state index contributed by atoms with van der Waals surface area (Å²) < 4.78 is 6.24. The lowest BCUT2D eigenvalue weighted by Gasteiger charge is -2.40. The van der Waals surface area contributed by atoms with Crippen LogP contribution in [-0.4, -0.2) is 36.0 Å². The number of aromatic nitrogens is 2. The van der Waals surface area contributed by atoms with Crippen molar-refractivity contribution in [1.82, 2.24) is 9.78 Å². The number of aliphatic hydroxyl groups is 1. The summed E-state index contributed by atoms with van der Waals surface area (Å²) >= 11 is 0. The van der Waals surface area contributed by atoms with Gasteiger partial charge in [0.1, 0.15) is 6.54 Å². The van der Waals surface area contributed by atoms with Gasteiger partial charge in [0.15, 0.2) is 0 Å². The first kappa shape index (κ1) is 16.9. The largest absolute Gasteiger partial charge is 0.468 e. The summed E-state index contributed by atoms with van der Waals surface area (Å²) in [7, 11) is -0.636. The molecule has 1 atom stereocenters. The summed E-state index contributed by atoms with van der Waals surface area (Å²) in [5.74, 6) is -0.364. The number of carbonyl (C=O) groups is 1. The van der Waals surface area contributed by atoms with E-state index < -0.39 is 13.8 Å². The Kier molecular flexibility index (Phi) is 4.81. The van der Waals surface area contributed by atoms with E-state index in [2.05, 4.69) is 43.7 Å². The fourth-order valence-electron chi connectivity index (χ4n) is 1.88. The van der Waals surface area contributed by atoms with E-state index in [1.54, 1.807) is 4.68 Å². The van der Waals surface area contributed by atoms with Crippen LogP contribution in [0.25, 0.3) is 0 Å². The molecule has 20 heavy (non-hydrogen) atoms. The monoisotopic (exact) mass is 298 g/mol. The Balaban J connectivity index is 3.16. The van der Waals surface area contributed by atoms with Crippen molar-refractivity contribution in [1.29, 1.82) is 0 Å². The standard InChI is InChI=1S/C14H26N2O3Si/c1-10-8-11(16(15-10)9-12(17)19-5)13(18)20(6,7)14(2,3)4/h8,13,18H,9H2,1-7H3. The fraction of sp³-hybridized carbons (Fsp3) is 0.714. The summed E-state index contributed by atoms with van der Waals surface area (Å²) in [6.07, 6.45) is 0. The third-order valence-corrected chi connectivity index (χ3v) is 9.87. The second kappa shape index (κ2) is 5.69. The Labute approximate surface area is 122 Å². The van der Waals surface area contributed by atoms with E-state index in [-0.39, 0.29) is 17.6 Å². The molecule has 0 saturated heterocycles. The number of esters is 1. The van der Waals surface area contributed by atoms with E-state index in [4.69, 9.17) is 0 Å². The van der Waals surface area contributed by atoms with Gasteiger partial charge in [-0.3, -0.25) is 9.48 Å². The third kappa shape index (κ3) is 3.30. The number of rotatable bonds is 4. The molecular formula is C14H26N2O3Si. The van der Waals surface area contributed by atoms with Crippen LogP contribution in [-0.2, 0) is 16.1 Å². The van der Waals surface area contributed by atoms with Crippen molar-refractivity contribution in [3.8, 4) is 0 Å². The minimum atomic E-state index is -1.99. The van der Waals surface area contributed by atoms with Gasteiger partial charge in [0, 0.05) is 0 Å². The number of ether oxygens (including phenoxy) is 1. The molecule has 0 saturated carbocycles. The quantitative estimate of drug-likeness (QED) is 0.685. The van der Waals surface area contributed by atoms with Crippen molar-refractivity contribution in [2.45, 2.75) is 58.1 Å². The maximum absolute atomic E-state index is 11.5. The average Bonchev–Trinajstić information content (AvgIpc) is 2.67. The summed E-state index contributed by atoms with van der Waals surface area (Å²) in [6.45, 7) is 12.6. The third-order valence-electron chi connectivity index (χ3n) is 4.34. The molecule has 0 fully saturated rings. The number of carbonyl (C=O) groups excluding carboxylic acids is 1. The minimum Gasteiger partial charge on any atom is -0.468 e. The highest BCUT2D eigenvalue weighted by molar-refractivity contribution is 6.80. The second-order valence-electron chi connectivity index (χ2n) is 6.82. The normalized spacial score (nSPS) is 14.2. The highest BCUT2D eigenvalue weighted by atomic mass is 28.3. The number of nitrogens with zero attached hydrogens (tertiary/aromatic N) is 2. The smallest absolute Gasteiger partial charge is 0.327 e. The van der Waals surface area contributed by atoms with Gasteiger partial charge in [0.2, 0.25) is 0 Å². The Hall–Kier alpha value is -1.14. The van der Waals surface area contributed by atoms with Gasteiger partial charge in [-0.1, -0.05) is 33.9 Å². The number of aliphatic hydroxyl groups excluding tert-OH is 1. The molecule has 0 radical (unpaired) electrons. The van der Waals surface area contributed by atoms with Crippen molar-refractivity contribution < 1.29 is 14.6 Å². The first-order valence-electron chi connectivity index (χ1n) is 6.80. The van der Waals surface area contributed by atoms with Gasteiger partial charge in [-0.25, -0.2) is 0 Å². The highest BCUT2D eigenvalue weighted by Gasteiger charge is 2.43. The van der Waals surface area contributed by atoms with E-state index >= 15 is 0 Å². The van der Waals surface area contributed by atoms with Crippen LogP contribution in [0.5, 0.6) is 0 Å². The Bertz CT molecular complexity index is 489. The summed E-state index contributed by atoms with van der Waals surface area (Å²) in [6, 6.07) is 1.86. The molecule has 1 heterocycles. The van der Waals surface area contributed by atoms with Crippen LogP contribution in [0.3, 0.4) is 0 Å². The first-order chi connectivity index (χ1) is 9.00. The van der Waals surface area contributed by atoms with Crippen molar-refractivity contribution >= 4 is 14.0 Å². The number of aryl methyl sites for hydroxylation is 1. The van der Waals surface area contributed by atoms with Gasteiger partial charge in [0.25, 0.3) is 0 Å². The molecule has 1 N–H and O–H groups in total. The summed E-state index contributed by atoms with van der Waals surface area (Å²) in [5, 5.41) is 15.1. The molecule has 6 heteroatoms. The maximum atomic E-state index is 11.5. The van der Waals surface area contributed by atoms with Gasteiger partial charge < -0.3 is 9.84 Å². The Morgan fingerprint density at radius 2 is 2.05 bits per heavy atom. The van der Waals surface area contributed by atoms with Crippen LogP contribution < -0.4 is 0 Å². The first-order valence-corrected chi connectivity index (χ1v) is 9.87. The number of hydrogen-bond acceptors (Lipinski definition) is 4. The van der Waals surface area contributed by atoms with Crippen molar-refractivity contribution in [2.75, 3.05) is 7.11 Å². The molecule has 1 aromatic heterocycles. The van der Waals surface area contributed by atoms with E-state index in [0.29, 0.717) is 5.69 Å². The highest BCUT2D eigenvalue weighted by Crippen LogP contribution is 2.43. The molecule has 0 amide bonds. The zero-order valence-electron chi connectivity index (χ0n) is 13.5. The molecular weight excluding hydrogens is 272 g/mol. The molecule has 1 aromatic rings. The number of methoxy groups -OCH3 is 1. The molecule has 0 aliphatic heterocycles. The van der Waals surface area contributed by atoms with Gasteiger partial charge in [-0.2, -0.15) is 5.10 Å². The lowest BCUT2D eigenvalue weighted by molar-refractivity contribution is -0.141. The topological polar surface area (TPSA) is 64.4 Å². The molecule has 1 rings (SSSR count). The molecule has 0 aliphatic carbocycles. The van der Waals surface area contributed by atoms with Crippen LogP contribution in [0, 0.1) is 6.92 Å². The zero-order valence-corrected chi connectivity index (χ0v) is 14.5. The van der Waals surface area contributed by atoms with Crippen molar-refractivity contribution in [3.05, 3.63) is 17.5 Å². The van der Waals surface area contributed by atoms with Crippen LogP contribution in [0.1, 0.15) is 37.9 Å². The van der Waals surface area contributed by atoms with Gasteiger partial charge >= 0.3 is 5.97 Å². The zero-order chi connectivity index (χ0) is 15.7.